The number of nitrogens with zero attached hydrogens (tertiary/aromatic N) is 3. The Morgan fingerprint density at radius 3 is 2.56 bits per heavy atom. The van der Waals surface area contributed by atoms with Crippen molar-refractivity contribution in [2.45, 2.75) is 43.0 Å². The first-order valence-corrected chi connectivity index (χ1v) is 14.2. The van der Waals surface area contributed by atoms with E-state index in [1.807, 2.05) is 0 Å². The van der Waals surface area contributed by atoms with Crippen molar-refractivity contribution in [3.8, 4) is 17.0 Å². The highest BCUT2D eigenvalue weighted by atomic mass is 35.5. The fourth-order valence-corrected chi connectivity index (χ4v) is 5.61. The number of carbonyl (C=O) groups excluding carboxylic acids is 2. The largest absolute Gasteiger partial charge is 0.489 e. The lowest BCUT2D eigenvalue weighted by molar-refractivity contribution is -0.265. The third-order valence-electron chi connectivity index (χ3n) is 8.07. The Balaban J connectivity index is 1.42. The summed E-state index contributed by atoms with van der Waals surface area (Å²) < 4.78 is 79.7. The van der Waals surface area contributed by atoms with Gasteiger partial charge in [0.05, 0.1) is 28.3 Å². The maximum Gasteiger partial charge on any atom is 0.424 e. The number of pyridine rings is 1. The van der Waals surface area contributed by atoms with Crippen molar-refractivity contribution in [1.29, 1.82) is 0 Å². The maximum atomic E-state index is 14.7. The fourth-order valence-electron chi connectivity index (χ4n) is 5.11. The first-order chi connectivity index (χ1) is 21.0. The molecule has 4 aromatic rings. The minimum absolute atomic E-state index is 0.0988. The van der Waals surface area contributed by atoms with Crippen LogP contribution >= 0.6 is 23.2 Å². The normalized spacial score (nSPS) is 19.2. The molecule has 6 rings (SSSR count). The predicted octanol–water partition coefficient (Wildman–Crippen LogP) is 5.33. The molecule has 1 aliphatic heterocycles. The molecule has 0 radical (unpaired) electrons. The van der Waals surface area contributed by atoms with Gasteiger partial charge in [0.2, 0.25) is 11.5 Å². The number of rotatable bonds is 7. The quantitative estimate of drug-likeness (QED) is 0.180. The molecule has 9 nitrogen and oxygen atoms in total. The lowest BCUT2D eigenvalue weighted by Gasteiger charge is -2.31. The first-order valence-electron chi connectivity index (χ1n) is 13.4. The van der Waals surface area contributed by atoms with Gasteiger partial charge in [0, 0.05) is 28.3 Å². The summed E-state index contributed by atoms with van der Waals surface area (Å²) in [6.07, 6.45) is -1.92. The number of aliphatic hydroxyl groups is 1. The molecule has 0 bridgehead atoms. The molecule has 0 saturated heterocycles. The van der Waals surface area contributed by atoms with Gasteiger partial charge < -0.3 is 20.9 Å². The smallest absolute Gasteiger partial charge is 0.424 e. The second kappa shape index (κ2) is 10.5. The molecule has 2 aromatic heterocycles. The van der Waals surface area contributed by atoms with E-state index in [4.69, 9.17) is 33.7 Å². The van der Waals surface area contributed by atoms with Crippen LogP contribution in [0.25, 0.3) is 22.2 Å². The Hall–Kier alpha value is -4.01. The Morgan fingerprint density at radius 2 is 1.91 bits per heavy atom. The summed E-state index contributed by atoms with van der Waals surface area (Å²) in [5.41, 5.74) is -1.92. The molecule has 45 heavy (non-hydrogen) atoms. The molecule has 3 heterocycles. The van der Waals surface area contributed by atoms with Crippen LogP contribution in [0.4, 0.5) is 22.0 Å². The van der Waals surface area contributed by atoms with Crippen LogP contribution in [0.3, 0.4) is 0 Å². The zero-order valence-electron chi connectivity index (χ0n) is 23.1. The number of alkyl halides is 3. The lowest BCUT2D eigenvalue weighted by atomic mass is 9.81. The number of nitrogens with two attached hydrogens (primary N) is 1. The number of carbonyl (C=O) groups is 2. The van der Waals surface area contributed by atoms with E-state index in [1.165, 1.54) is 19.1 Å². The Kier molecular flexibility index (Phi) is 7.25. The van der Waals surface area contributed by atoms with Gasteiger partial charge in [0.25, 0.3) is 5.91 Å². The maximum absolute atomic E-state index is 14.7. The van der Waals surface area contributed by atoms with E-state index in [1.54, 1.807) is 10.9 Å². The Bertz CT molecular complexity index is 1910. The predicted molar refractivity (Wildman–Crippen MR) is 152 cm³/mol. The highest BCUT2D eigenvalue weighted by Crippen LogP contribution is 2.49. The topological polar surface area (TPSA) is 132 Å². The van der Waals surface area contributed by atoms with Crippen LogP contribution in [0.2, 0.25) is 10.0 Å². The second-order valence-corrected chi connectivity index (χ2v) is 12.0. The lowest BCUT2D eigenvalue weighted by Crippen LogP contribution is -2.51. The van der Waals surface area contributed by atoms with Gasteiger partial charge in [-0.15, -0.1) is 0 Å². The Morgan fingerprint density at radius 1 is 1.20 bits per heavy atom. The molecule has 236 valence electrons. The minimum Gasteiger partial charge on any atom is -0.489 e. The van der Waals surface area contributed by atoms with Crippen molar-refractivity contribution >= 4 is 45.9 Å². The van der Waals surface area contributed by atoms with Gasteiger partial charge in [-0.2, -0.15) is 18.3 Å². The summed E-state index contributed by atoms with van der Waals surface area (Å²) in [7, 11) is 0. The van der Waals surface area contributed by atoms with Crippen LogP contribution in [0.5, 0.6) is 5.75 Å². The third kappa shape index (κ3) is 5.04. The second-order valence-electron chi connectivity index (χ2n) is 11.2. The summed E-state index contributed by atoms with van der Waals surface area (Å²) in [5, 5.41) is 17.5. The van der Waals surface area contributed by atoms with Gasteiger partial charge in [-0.05, 0) is 50.1 Å². The van der Waals surface area contributed by atoms with Gasteiger partial charge >= 0.3 is 6.18 Å². The number of hydrogen-bond acceptors (Lipinski definition) is 6. The zero-order valence-corrected chi connectivity index (χ0v) is 24.6. The summed E-state index contributed by atoms with van der Waals surface area (Å²) in [4.78, 5) is 29.5. The monoisotopic (exact) mass is 669 g/mol. The number of amides is 2. The van der Waals surface area contributed by atoms with Gasteiger partial charge in [-0.1, -0.05) is 23.2 Å². The number of benzene rings is 2. The Labute approximate surface area is 261 Å². The molecule has 1 saturated carbocycles. The number of fused-ring (bicyclic) bond motifs is 2. The van der Waals surface area contributed by atoms with Crippen molar-refractivity contribution < 1.29 is 41.4 Å². The summed E-state index contributed by atoms with van der Waals surface area (Å²) in [5.74, 6) is -5.11. The van der Waals surface area contributed by atoms with Crippen LogP contribution in [-0.2, 0) is 15.8 Å². The highest BCUT2D eigenvalue weighted by molar-refractivity contribution is 6.35. The molecule has 2 aromatic carbocycles. The first kappa shape index (κ1) is 31.0. The fraction of sp³-hybridized carbons (Fsp3) is 0.310. The molecule has 2 atom stereocenters. The molecule has 0 spiro atoms. The summed E-state index contributed by atoms with van der Waals surface area (Å²) in [6.45, 7) is -0.586. The molecule has 1 unspecified atom stereocenters. The van der Waals surface area contributed by atoms with Crippen LogP contribution in [0.1, 0.15) is 47.4 Å². The molecule has 16 heteroatoms. The van der Waals surface area contributed by atoms with Gasteiger partial charge in [0.1, 0.15) is 29.0 Å². The van der Waals surface area contributed by atoms with Gasteiger partial charge in [0.15, 0.2) is 11.6 Å². The number of primary amides is 1. The van der Waals surface area contributed by atoms with Crippen LogP contribution < -0.4 is 15.8 Å². The van der Waals surface area contributed by atoms with E-state index in [2.05, 4.69) is 15.4 Å². The number of halogens is 7. The summed E-state index contributed by atoms with van der Waals surface area (Å²) in [6, 6.07) is 5.26. The van der Waals surface area contributed by atoms with Gasteiger partial charge in [-0.25, -0.2) is 13.8 Å². The van der Waals surface area contributed by atoms with Crippen LogP contribution in [-0.4, -0.2) is 51.0 Å². The van der Waals surface area contributed by atoms with E-state index in [0.717, 1.165) is 25.0 Å². The molecular weight excluding hydrogens is 648 g/mol. The molecule has 2 amide bonds. The molecule has 4 N–H and O–H groups in total. The summed E-state index contributed by atoms with van der Waals surface area (Å²) >= 11 is 12.3. The standard InChI is InChI=1S/C29H22Cl2F5N5O4/c1-27(26(37)43)11-45-24-16(27)8-19(39-23(24)15-4-5-18(32)21(33)20(15)31)28(44,29(34,35)36)10-38-25(42)12-6-13-9-41(14-2-3-14)40-22(13)17(30)7-12/h4-9,14,44H,2-3,10-11H2,1H3,(H2,37,43)(H,38,42)/t27-,28?/m0/s1. The van der Waals surface area contributed by atoms with Crippen molar-refractivity contribution in [2.75, 3.05) is 13.2 Å². The molecular formula is C29H22Cl2F5N5O4. The van der Waals surface area contributed by atoms with Crippen LogP contribution in [0, 0.1) is 11.6 Å². The zero-order chi connectivity index (χ0) is 32.6. The van der Waals surface area contributed by atoms with E-state index in [0.29, 0.717) is 17.0 Å². The van der Waals surface area contributed by atoms with Crippen molar-refractivity contribution in [3.63, 3.8) is 0 Å². The van der Waals surface area contributed by atoms with Gasteiger partial charge in [-0.3, -0.25) is 14.3 Å². The van der Waals surface area contributed by atoms with Crippen molar-refractivity contribution in [1.82, 2.24) is 20.1 Å². The molecule has 2 aliphatic rings. The van der Waals surface area contributed by atoms with Crippen molar-refractivity contribution in [2.24, 2.45) is 5.73 Å². The van der Waals surface area contributed by atoms with E-state index < -0.39 is 70.2 Å². The van der Waals surface area contributed by atoms with E-state index in [-0.39, 0.29) is 33.5 Å². The highest BCUT2D eigenvalue weighted by Gasteiger charge is 2.58. The number of nitrogens with one attached hydrogen (secondary N) is 1. The number of aromatic nitrogens is 3. The van der Waals surface area contributed by atoms with Crippen LogP contribution in [0.15, 0.2) is 36.5 Å². The van der Waals surface area contributed by atoms with E-state index >= 15 is 0 Å². The number of hydrogen-bond donors (Lipinski definition) is 3. The average molecular weight is 670 g/mol. The average Bonchev–Trinajstić information content (AvgIpc) is 3.64. The molecule has 1 aliphatic carbocycles. The van der Waals surface area contributed by atoms with E-state index in [9.17, 15) is 36.6 Å². The minimum atomic E-state index is -5.47. The third-order valence-corrected chi connectivity index (χ3v) is 8.72. The molecule has 1 fully saturated rings. The number of ether oxygens (including phenoxy) is 1. The van der Waals surface area contributed by atoms with Crippen molar-refractivity contribution in [3.05, 3.63) is 75.0 Å². The SMILES string of the molecule is C[C@]1(C(N)=O)COc2c1cc(C(O)(CNC(=O)c1cc(Cl)c3nn(C4CC4)cc3c1)C(F)(F)F)nc2-c1ccc(F)c(F)c1Cl.